The normalized spacial score (nSPS) is 18.6. The Balaban J connectivity index is 1.14. The molecule has 7 rings (SSSR count). The minimum atomic E-state index is -4.52. The number of fused-ring (bicyclic) bond motifs is 1. The number of alkyl halides is 3. The van der Waals surface area contributed by atoms with Crippen LogP contribution in [0.1, 0.15) is 65.4 Å². The molecule has 0 atom stereocenters. The molecule has 1 aliphatic heterocycles. The van der Waals surface area contributed by atoms with E-state index in [1.165, 1.54) is 12.3 Å². The fourth-order valence-electron chi connectivity index (χ4n) is 6.09. The zero-order valence-electron chi connectivity index (χ0n) is 21.4. The average molecular weight is 547 g/mol. The van der Waals surface area contributed by atoms with Gasteiger partial charge in [-0.05, 0) is 73.4 Å². The number of carboxylic acids is 1. The number of hydrogen-bond acceptors (Lipinski definition) is 6. The lowest BCUT2D eigenvalue weighted by atomic mass is 9.63. The first-order chi connectivity index (χ1) is 19.2. The van der Waals surface area contributed by atoms with Crippen molar-refractivity contribution >= 4 is 28.1 Å². The molecule has 204 valence electrons. The van der Waals surface area contributed by atoms with Crippen molar-refractivity contribution in [2.75, 3.05) is 18.0 Å². The van der Waals surface area contributed by atoms with Crippen molar-refractivity contribution < 1.29 is 27.6 Å². The summed E-state index contributed by atoms with van der Waals surface area (Å²) < 4.78 is 47.1. The molecule has 10 heteroatoms. The first-order valence-electron chi connectivity index (χ1n) is 13.3. The van der Waals surface area contributed by atoms with E-state index in [1.54, 1.807) is 6.07 Å². The van der Waals surface area contributed by atoms with E-state index in [9.17, 15) is 23.1 Å². The summed E-state index contributed by atoms with van der Waals surface area (Å²) in [5, 5.41) is 14.2. The molecule has 4 aromatic rings. The standard InChI is InChI=1S/C30H25F3N4O3/c31-30(32,33)22-7-10-34-16-21(22)26-25(27(40-36-26)17-1-2-17)19-14-29(15-19)8-11-37(12-9-29)20-4-6-23-18(13-20)3-5-24(35-23)28(38)39/h3-7,10,13-14,16-17H,1-2,8-9,11-12,15H2,(H,38,39). The summed E-state index contributed by atoms with van der Waals surface area (Å²) >= 11 is 0. The second kappa shape index (κ2) is 8.90. The molecule has 1 saturated carbocycles. The van der Waals surface area contributed by atoms with Gasteiger partial charge in [0.1, 0.15) is 17.1 Å². The molecule has 1 saturated heterocycles. The third-order valence-electron chi connectivity index (χ3n) is 8.41. The van der Waals surface area contributed by atoms with Crippen molar-refractivity contribution in [2.24, 2.45) is 5.41 Å². The molecule has 3 aliphatic rings. The Hall–Kier alpha value is -4.21. The van der Waals surface area contributed by atoms with Gasteiger partial charge < -0.3 is 14.5 Å². The SMILES string of the molecule is O=C(O)c1ccc2cc(N3CCC4(C=C(c5c(-c6cnccc6C(F)(F)F)noc5C5CC5)C4)CC3)ccc2n1. The molecule has 2 aliphatic carbocycles. The Kier molecular flexibility index (Phi) is 5.52. The van der Waals surface area contributed by atoms with E-state index < -0.39 is 17.7 Å². The smallest absolute Gasteiger partial charge is 0.417 e. The number of anilines is 1. The van der Waals surface area contributed by atoms with Crippen molar-refractivity contribution in [3.63, 3.8) is 0 Å². The molecule has 1 N–H and O–H groups in total. The highest BCUT2D eigenvalue weighted by Gasteiger charge is 2.45. The Bertz CT molecular complexity index is 1680. The van der Waals surface area contributed by atoms with Crippen LogP contribution in [-0.2, 0) is 6.18 Å². The summed E-state index contributed by atoms with van der Waals surface area (Å²) in [4.78, 5) is 21.7. The Morgan fingerprint density at radius 3 is 2.58 bits per heavy atom. The molecule has 0 radical (unpaired) electrons. The minimum absolute atomic E-state index is 0.00220. The third-order valence-corrected chi connectivity index (χ3v) is 8.41. The third kappa shape index (κ3) is 4.22. The topological polar surface area (TPSA) is 92.3 Å². The molecule has 40 heavy (non-hydrogen) atoms. The van der Waals surface area contributed by atoms with Crippen molar-refractivity contribution in [1.82, 2.24) is 15.1 Å². The number of carbonyl (C=O) groups is 1. The molecule has 4 heterocycles. The molecule has 3 aromatic heterocycles. The maximum absolute atomic E-state index is 13.8. The summed E-state index contributed by atoms with van der Waals surface area (Å²) in [6.07, 6.45) is 4.61. The van der Waals surface area contributed by atoms with Crippen LogP contribution >= 0.6 is 0 Å². The van der Waals surface area contributed by atoms with Crippen LogP contribution in [0.3, 0.4) is 0 Å². The van der Waals surface area contributed by atoms with Gasteiger partial charge in [0.05, 0.1) is 11.1 Å². The van der Waals surface area contributed by atoms with E-state index in [0.717, 1.165) is 79.7 Å². The van der Waals surface area contributed by atoms with Crippen molar-refractivity contribution in [3.8, 4) is 11.3 Å². The number of pyridine rings is 2. The first kappa shape index (κ1) is 24.8. The van der Waals surface area contributed by atoms with Gasteiger partial charge in [-0.15, -0.1) is 0 Å². The highest BCUT2D eigenvalue weighted by molar-refractivity contribution is 5.91. The lowest BCUT2D eigenvalue weighted by Crippen LogP contribution is -2.42. The molecule has 0 bridgehead atoms. The molecular formula is C30H25F3N4O3. The second-order valence-corrected chi connectivity index (χ2v) is 11.0. The van der Waals surface area contributed by atoms with Gasteiger partial charge in [-0.2, -0.15) is 13.2 Å². The van der Waals surface area contributed by atoms with Gasteiger partial charge in [0, 0.05) is 53.6 Å². The maximum atomic E-state index is 13.8. The number of allylic oxidation sites excluding steroid dienone is 2. The predicted octanol–water partition coefficient (Wildman–Crippen LogP) is 6.95. The summed E-state index contributed by atoms with van der Waals surface area (Å²) in [7, 11) is 0. The van der Waals surface area contributed by atoms with Crippen LogP contribution in [-0.4, -0.2) is 39.3 Å². The molecule has 1 aromatic carbocycles. The molecule has 1 spiro atoms. The maximum Gasteiger partial charge on any atom is 0.417 e. The number of aromatic carboxylic acids is 1. The molecule has 2 fully saturated rings. The number of hydrogen-bond donors (Lipinski definition) is 1. The van der Waals surface area contributed by atoms with Gasteiger partial charge in [0.2, 0.25) is 0 Å². The predicted molar refractivity (Wildman–Crippen MR) is 142 cm³/mol. The van der Waals surface area contributed by atoms with E-state index in [2.05, 4.69) is 26.1 Å². The summed E-state index contributed by atoms with van der Waals surface area (Å²) in [5.74, 6) is -0.152. The highest BCUT2D eigenvalue weighted by atomic mass is 19.4. The van der Waals surface area contributed by atoms with E-state index in [1.807, 2.05) is 18.2 Å². The Morgan fingerprint density at radius 1 is 1.10 bits per heavy atom. The fraction of sp³-hybridized carbons (Fsp3) is 0.333. The van der Waals surface area contributed by atoms with Crippen molar-refractivity contribution in [1.29, 1.82) is 0 Å². The van der Waals surface area contributed by atoms with Crippen LogP contribution in [0.4, 0.5) is 18.9 Å². The number of aromatic nitrogens is 3. The van der Waals surface area contributed by atoms with Crippen molar-refractivity contribution in [2.45, 2.75) is 44.2 Å². The van der Waals surface area contributed by atoms with Crippen LogP contribution in [0.2, 0.25) is 0 Å². The second-order valence-electron chi connectivity index (χ2n) is 11.0. The molecular weight excluding hydrogens is 521 g/mol. The average Bonchev–Trinajstić information content (AvgIpc) is 3.69. The van der Waals surface area contributed by atoms with Crippen LogP contribution in [0.25, 0.3) is 27.7 Å². The summed E-state index contributed by atoms with van der Waals surface area (Å²) in [6.45, 7) is 1.67. The molecule has 0 unspecified atom stereocenters. The quantitative estimate of drug-likeness (QED) is 0.289. The fourth-order valence-corrected chi connectivity index (χ4v) is 6.09. The van der Waals surface area contributed by atoms with Crippen molar-refractivity contribution in [3.05, 3.63) is 77.4 Å². The van der Waals surface area contributed by atoms with E-state index in [0.29, 0.717) is 11.3 Å². The monoisotopic (exact) mass is 546 g/mol. The Morgan fingerprint density at radius 2 is 1.88 bits per heavy atom. The highest BCUT2D eigenvalue weighted by Crippen LogP contribution is 2.56. The minimum Gasteiger partial charge on any atom is -0.477 e. The first-order valence-corrected chi connectivity index (χ1v) is 13.3. The summed E-state index contributed by atoms with van der Waals surface area (Å²) in [5.41, 5.74) is 2.88. The van der Waals surface area contributed by atoms with Crippen LogP contribution in [0, 0.1) is 5.41 Å². The number of carboxylic acid groups (broad SMARTS) is 1. The lowest BCUT2D eigenvalue weighted by molar-refractivity contribution is -0.137. The number of benzene rings is 1. The zero-order chi connectivity index (χ0) is 27.6. The summed E-state index contributed by atoms with van der Waals surface area (Å²) in [6, 6.07) is 10.1. The van der Waals surface area contributed by atoms with Gasteiger partial charge in [-0.25, -0.2) is 9.78 Å². The van der Waals surface area contributed by atoms with Gasteiger partial charge in [-0.3, -0.25) is 4.98 Å². The van der Waals surface area contributed by atoms with E-state index in [4.69, 9.17) is 4.52 Å². The van der Waals surface area contributed by atoms with Crippen LogP contribution in [0.15, 0.2) is 59.4 Å². The number of halogens is 3. The molecule has 0 amide bonds. The van der Waals surface area contributed by atoms with Crippen LogP contribution in [0.5, 0.6) is 0 Å². The largest absolute Gasteiger partial charge is 0.477 e. The van der Waals surface area contributed by atoms with E-state index in [-0.39, 0.29) is 28.3 Å². The zero-order valence-corrected chi connectivity index (χ0v) is 21.4. The number of rotatable bonds is 5. The van der Waals surface area contributed by atoms with Gasteiger partial charge in [0.25, 0.3) is 0 Å². The number of piperidine rings is 1. The van der Waals surface area contributed by atoms with E-state index >= 15 is 0 Å². The number of nitrogens with zero attached hydrogens (tertiary/aromatic N) is 4. The molecule has 7 nitrogen and oxygen atoms in total. The van der Waals surface area contributed by atoms with Crippen LogP contribution < -0.4 is 4.90 Å². The van der Waals surface area contributed by atoms with Gasteiger partial charge in [-0.1, -0.05) is 17.3 Å². The Labute approximate surface area is 227 Å². The van der Waals surface area contributed by atoms with Gasteiger partial charge >= 0.3 is 12.1 Å². The lowest BCUT2D eigenvalue weighted by Gasteiger charge is -2.47. The van der Waals surface area contributed by atoms with Gasteiger partial charge in [0.15, 0.2) is 0 Å².